The van der Waals surface area contributed by atoms with Crippen LogP contribution in [-0.2, 0) is 14.4 Å². The van der Waals surface area contributed by atoms with Gasteiger partial charge in [-0.05, 0) is 19.3 Å². The van der Waals surface area contributed by atoms with Gasteiger partial charge in [0.15, 0.2) is 5.96 Å². The molecule has 9 nitrogen and oxygen atoms in total. The zero-order valence-electron chi connectivity index (χ0n) is 11.0. The number of guanidine groups is 1. The first kappa shape index (κ1) is 15.7. The Labute approximate surface area is 115 Å². The Hall–Kier alpha value is -2.32. The van der Waals surface area contributed by atoms with Gasteiger partial charge >= 0.3 is 5.97 Å². The minimum Gasteiger partial charge on any atom is -0.480 e. The maximum Gasteiger partial charge on any atom is 0.326 e. The molecular weight excluding hydrogens is 266 g/mol. The van der Waals surface area contributed by atoms with Crippen molar-refractivity contribution in [3.8, 4) is 0 Å². The van der Waals surface area contributed by atoms with Gasteiger partial charge < -0.3 is 27.2 Å². The number of rotatable bonds is 7. The molecule has 0 radical (unpaired) electrons. The van der Waals surface area contributed by atoms with Gasteiger partial charge in [0.2, 0.25) is 11.8 Å². The Morgan fingerprint density at radius 3 is 2.70 bits per heavy atom. The van der Waals surface area contributed by atoms with Gasteiger partial charge in [0.25, 0.3) is 0 Å². The molecule has 0 bridgehead atoms. The van der Waals surface area contributed by atoms with Crippen molar-refractivity contribution in [2.75, 3.05) is 6.54 Å². The predicted octanol–water partition coefficient (Wildman–Crippen LogP) is -2.11. The first-order valence-corrected chi connectivity index (χ1v) is 6.28. The average molecular weight is 285 g/mol. The van der Waals surface area contributed by atoms with Crippen molar-refractivity contribution in [2.24, 2.45) is 16.5 Å². The summed E-state index contributed by atoms with van der Waals surface area (Å²) in [6.07, 6.45) is 1.29. The molecule has 7 N–H and O–H groups in total. The van der Waals surface area contributed by atoms with E-state index in [2.05, 4.69) is 15.6 Å². The molecule has 1 saturated heterocycles. The van der Waals surface area contributed by atoms with Crippen LogP contribution < -0.4 is 22.1 Å². The number of aliphatic carboxylic acids is 1. The monoisotopic (exact) mass is 285 g/mol. The fourth-order valence-corrected chi connectivity index (χ4v) is 1.84. The second-order valence-electron chi connectivity index (χ2n) is 4.51. The normalized spacial score (nSPS) is 19.0. The summed E-state index contributed by atoms with van der Waals surface area (Å²) in [6, 6.07) is -1.67. The summed E-state index contributed by atoms with van der Waals surface area (Å²) in [5.41, 5.74) is 10.3. The van der Waals surface area contributed by atoms with Crippen molar-refractivity contribution in [1.82, 2.24) is 10.6 Å². The fraction of sp³-hybridized carbons (Fsp3) is 0.636. The van der Waals surface area contributed by atoms with Crippen LogP contribution in [0.2, 0.25) is 0 Å². The predicted molar refractivity (Wildman–Crippen MR) is 70.6 cm³/mol. The summed E-state index contributed by atoms with van der Waals surface area (Å²) < 4.78 is 0. The number of aliphatic imine (C=N–C) groups is 1. The second-order valence-corrected chi connectivity index (χ2v) is 4.51. The van der Waals surface area contributed by atoms with Gasteiger partial charge in [-0.25, -0.2) is 4.79 Å². The van der Waals surface area contributed by atoms with Crippen LogP contribution in [0.5, 0.6) is 0 Å². The van der Waals surface area contributed by atoms with Crippen molar-refractivity contribution >= 4 is 23.7 Å². The van der Waals surface area contributed by atoms with Gasteiger partial charge in [-0.15, -0.1) is 0 Å². The third kappa shape index (κ3) is 5.12. The molecule has 1 aliphatic heterocycles. The molecule has 1 unspecified atom stereocenters. The summed E-state index contributed by atoms with van der Waals surface area (Å²) in [4.78, 5) is 37.6. The van der Waals surface area contributed by atoms with Crippen molar-refractivity contribution in [2.45, 2.75) is 37.8 Å². The van der Waals surface area contributed by atoms with E-state index in [-0.39, 0.29) is 24.7 Å². The van der Waals surface area contributed by atoms with Crippen LogP contribution >= 0.6 is 0 Å². The molecule has 112 valence electrons. The highest BCUT2D eigenvalue weighted by Crippen LogP contribution is 2.07. The minimum atomic E-state index is -1.13. The number of hydrogen-bond donors (Lipinski definition) is 5. The van der Waals surface area contributed by atoms with Gasteiger partial charge in [0, 0.05) is 13.0 Å². The quantitative estimate of drug-likeness (QED) is 0.204. The Kier molecular flexibility index (Phi) is 5.75. The van der Waals surface area contributed by atoms with Gasteiger partial charge in [-0.3, -0.25) is 14.6 Å². The number of hydrogen-bond acceptors (Lipinski definition) is 4. The lowest BCUT2D eigenvalue weighted by Crippen LogP contribution is -2.48. The Balaban J connectivity index is 2.42. The molecule has 1 fully saturated rings. The number of carboxylic acid groups (broad SMARTS) is 1. The minimum absolute atomic E-state index is 0.0606. The Morgan fingerprint density at radius 1 is 1.50 bits per heavy atom. The Bertz CT molecular complexity index is 419. The van der Waals surface area contributed by atoms with E-state index < -0.39 is 24.0 Å². The van der Waals surface area contributed by atoms with E-state index in [1.807, 2.05) is 0 Å². The van der Waals surface area contributed by atoms with Gasteiger partial charge in [-0.2, -0.15) is 0 Å². The maximum absolute atomic E-state index is 11.8. The molecule has 0 aromatic rings. The lowest BCUT2D eigenvalue weighted by atomic mass is 10.1. The number of carbonyl (C=O) groups excluding carboxylic acids is 2. The highest BCUT2D eigenvalue weighted by atomic mass is 16.4. The lowest BCUT2D eigenvalue weighted by molar-refractivity contribution is -0.142. The van der Waals surface area contributed by atoms with Crippen LogP contribution in [0.25, 0.3) is 0 Å². The lowest BCUT2D eigenvalue weighted by Gasteiger charge is -2.17. The van der Waals surface area contributed by atoms with Gasteiger partial charge in [0.1, 0.15) is 12.1 Å². The van der Waals surface area contributed by atoms with E-state index in [1.165, 1.54) is 0 Å². The summed E-state index contributed by atoms with van der Waals surface area (Å²) >= 11 is 0. The number of nitrogens with one attached hydrogen (secondary N) is 2. The molecule has 0 aromatic heterocycles. The first-order valence-electron chi connectivity index (χ1n) is 6.28. The highest BCUT2D eigenvalue weighted by Gasteiger charge is 2.30. The third-order valence-electron chi connectivity index (χ3n) is 2.87. The Morgan fingerprint density at radius 2 is 2.20 bits per heavy atom. The summed E-state index contributed by atoms with van der Waals surface area (Å²) in [7, 11) is 0. The van der Waals surface area contributed by atoms with E-state index in [9.17, 15) is 14.4 Å². The van der Waals surface area contributed by atoms with Crippen LogP contribution in [0.15, 0.2) is 4.99 Å². The van der Waals surface area contributed by atoms with Crippen molar-refractivity contribution in [3.63, 3.8) is 0 Å². The molecule has 0 saturated carbocycles. The van der Waals surface area contributed by atoms with Crippen molar-refractivity contribution in [3.05, 3.63) is 0 Å². The molecule has 0 aliphatic carbocycles. The van der Waals surface area contributed by atoms with Crippen LogP contribution in [0, 0.1) is 0 Å². The number of carbonyl (C=O) groups is 3. The van der Waals surface area contributed by atoms with E-state index in [0.717, 1.165) is 0 Å². The largest absolute Gasteiger partial charge is 0.480 e. The number of nitrogens with zero attached hydrogens (tertiary/aromatic N) is 1. The zero-order chi connectivity index (χ0) is 15.1. The van der Waals surface area contributed by atoms with Crippen LogP contribution in [0.1, 0.15) is 25.7 Å². The molecule has 1 heterocycles. The standard InChI is InChI=1S/C11H19N5O4/c12-11(13)14-5-1-2-7(10(19)20)16-9(18)6-3-4-8(17)15-6/h6-7H,1-5H2,(H,15,17)(H,16,18)(H,19,20)(H4,12,13,14)/t6?,7-/m0/s1. The molecule has 0 spiro atoms. The molecule has 1 rings (SSSR count). The van der Waals surface area contributed by atoms with E-state index in [0.29, 0.717) is 19.4 Å². The third-order valence-corrected chi connectivity index (χ3v) is 2.87. The average Bonchev–Trinajstić information content (AvgIpc) is 2.79. The van der Waals surface area contributed by atoms with Gasteiger partial charge in [-0.1, -0.05) is 0 Å². The number of carboxylic acids is 1. The molecule has 0 aromatic carbocycles. The number of nitrogens with two attached hydrogens (primary N) is 2. The highest BCUT2D eigenvalue weighted by molar-refractivity contribution is 5.92. The first-order chi connectivity index (χ1) is 9.40. The smallest absolute Gasteiger partial charge is 0.326 e. The molecule has 9 heteroatoms. The molecular formula is C11H19N5O4. The van der Waals surface area contributed by atoms with Crippen molar-refractivity contribution in [1.29, 1.82) is 0 Å². The van der Waals surface area contributed by atoms with E-state index in [4.69, 9.17) is 16.6 Å². The van der Waals surface area contributed by atoms with E-state index in [1.54, 1.807) is 0 Å². The molecule has 1 aliphatic rings. The van der Waals surface area contributed by atoms with Crippen molar-refractivity contribution < 1.29 is 19.5 Å². The van der Waals surface area contributed by atoms with Crippen LogP contribution in [0.3, 0.4) is 0 Å². The SMILES string of the molecule is NC(N)=NCCC[C@H](NC(=O)C1CCC(=O)N1)C(=O)O. The zero-order valence-corrected chi connectivity index (χ0v) is 11.0. The van der Waals surface area contributed by atoms with E-state index >= 15 is 0 Å². The topological polar surface area (TPSA) is 160 Å². The van der Waals surface area contributed by atoms with Crippen LogP contribution in [-0.4, -0.2) is 47.5 Å². The van der Waals surface area contributed by atoms with Crippen LogP contribution in [0.4, 0.5) is 0 Å². The van der Waals surface area contributed by atoms with Gasteiger partial charge in [0.05, 0.1) is 0 Å². The molecule has 2 amide bonds. The summed E-state index contributed by atoms with van der Waals surface area (Å²) in [5.74, 6) is -1.88. The summed E-state index contributed by atoms with van der Waals surface area (Å²) in [6.45, 7) is 0.294. The summed E-state index contributed by atoms with van der Waals surface area (Å²) in [5, 5.41) is 13.9. The molecule has 2 atom stereocenters. The fourth-order valence-electron chi connectivity index (χ4n) is 1.84. The molecule has 20 heavy (non-hydrogen) atoms. The maximum atomic E-state index is 11.8. The number of amides is 2. The second kappa shape index (κ2) is 7.31.